The normalized spacial score (nSPS) is 11.6. The van der Waals surface area contributed by atoms with Crippen molar-refractivity contribution in [3.8, 4) is 16.9 Å². The average Bonchev–Trinajstić information content (AvgIpc) is 3.23. The second-order valence-corrected chi connectivity index (χ2v) is 8.39. The number of halogens is 1. The molecule has 0 atom stereocenters. The molecular formula is C28H26ClNO3. The lowest BCUT2D eigenvalue weighted by molar-refractivity contribution is -0.111. The molecule has 0 aliphatic heterocycles. The number of fused-ring (bicyclic) bond motifs is 1. The van der Waals surface area contributed by atoms with Crippen LogP contribution in [0.5, 0.6) is 5.75 Å². The van der Waals surface area contributed by atoms with Crippen molar-refractivity contribution >= 4 is 39.7 Å². The Hall–Kier alpha value is -3.50. The van der Waals surface area contributed by atoms with Gasteiger partial charge in [-0.1, -0.05) is 48.0 Å². The van der Waals surface area contributed by atoms with Gasteiger partial charge in [-0.15, -0.1) is 0 Å². The van der Waals surface area contributed by atoms with E-state index in [4.69, 9.17) is 20.8 Å². The number of nitrogens with one attached hydrogen (secondary N) is 1. The first-order valence-corrected chi connectivity index (χ1v) is 11.3. The van der Waals surface area contributed by atoms with Crippen molar-refractivity contribution in [1.29, 1.82) is 0 Å². The lowest BCUT2D eigenvalue weighted by atomic mass is 9.96. The Morgan fingerprint density at radius 1 is 1.12 bits per heavy atom. The quantitative estimate of drug-likeness (QED) is 0.299. The highest BCUT2D eigenvalue weighted by Crippen LogP contribution is 2.40. The highest BCUT2D eigenvalue weighted by molar-refractivity contribution is 6.31. The molecule has 3 aromatic carbocycles. The molecule has 0 spiro atoms. The van der Waals surface area contributed by atoms with E-state index in [1.165, 1.54) is 0 Å². The Morgan fingerprint density at radius 2 is 1.88 bits per heavy atom. The number of hydrogen-bond acceptors (Lipinski definition) is 3. The number of anilines is 1. The molecule has 0 saturated carbocycles. The van der Waals surface area contributed by atoms with Crippen LogP contribution in [-0.4, -0.2) is 12.5 Å². The van der Waals surface area contributed by atoms with Gasteiger partial charge >= 0.3 is 0 Å². The number of carbonyl (C=O) groups is 1. The predicted molar refractivity (Wildman–Crippen MR) is 136 cm³/mol. The number of hydrogen-bond donors (Lipinski definition) is 1. The number of carbonyl (C=O) groups excluding carboxylic acids is 1. The molecule has 4 aromatic rings. The molecule has 4 rings (SSSR count). The molecule has 0 fully saturated rings. The zero-order chi connectivity index (χ0) is 23.5. The zero-order valence-corrected chi connectivity index (χ0v) is 19.9. The maximum Gasteiger partial charge on any atom is 0.248 e. The van der Waals surface area contributed by atoms with E-state index < -0.39 is 0 Å². The third-order valence-electron chi connectivity index (χ3n) is 5.63. The number of furan rings is 1. The third kappa shape index (κ3) is 4.67. The highest BCUT2D eigenvalue weighted by atomic mass is 35.5. The standard InChI is InChI=1S/C28H26ClNO3/c1-5-32-27-19(4)28-23(24(16-33-28)20-9-7-6-8-10-20)15-22(27)18(3)13-26(31)30-21-12-11-17(2)25(29)14-21/h6-16H,5H2,1-4H3,(H,30,31)/b18-13+. The number of benzene rings is 3. The van der Waals surface area contributed by atoms with Crippen molar-refractivity contribution in [3.63, 3.8) is 0 Å². The first-order valence-electron chi connectivity index (χ1n) is 10.9. The highest BCUT2D eigenvalue weighted by Gasteiger charge is 2.19. The summed E-state index contributed by atoms with van der Waals surface area (Å²) in [4.78, 5) is 12.8. The van der Waals surface area contributed by atoms with E-state index in [-0.39, 0.29) is 5.91 Å². The van der Waals surface area contributed by atoms with E-state index in [1.807, 2.05) is 64.1 Å². The van der Waals surface area contributed by atoms with Crippen molar-refractivity contribution in [3.05, 3.63) is 88.6 Å². The Bertz CT molecular complexity index is 1350. The summed E-state index contributed by atoms with van der Waals surface area (Å²) < 4.78 is 11.9. The van der Waals surface area contributed by atoms with Gasteiger partial charge < -0.3 is 14.5 Å². The van der Waals surface area contributed by atoms with Gasteiger partial charge in [0.15, 0.2) is 0 Å². The zero-order valence-electron chi connectivity index (χ0n) is 19.2. The van der Waals surface area contributed by atoms with Crippen molar-refractivity contribution < 1.29 is 13.9 Å². The number of rotatable bonds is 6. The van der Waals surface area contributed by atoms with Crippen LogP contribution in [0.3, 0.4) is 0 Å². The van der Waals surface area contributed by atoms with Gasteiger partial charge in [-0.05, 0) is 62.6 Å². The van der Waals surface area contributed by atoms with Crippen molar-refractivity contribution in [2.45, 2.75) is 27.7 Å². The lowest BCUT2D eigenvalue weighted by Crippen LogP contribution is -2.09. The molecule has 1 N–H and O–H groups in total. The molecule has 1 heterocycles. The van der Waals surface area contributed by atoms with Gasteiger partial charge in [0.2, 0.25) is 5.91 Å². The molecule has 0 radical (unpaired) electrons. The average molecular weight is 460 g/mol. The Morgan fingerprint density at radius 3 is 2.58 bits per heavy atom. The molecule has 1 aromatic heterocycles. The molecule has 0 bridgehead atoms. The Labute approximate surface area is 198 Å². The predicted octanol–water partition coefficient (Wildman–Crippen LogP) is 7.81. The molecule has 1 amide bonds. The Balaban J connectivity index is 1.76. The summed E-state index contributed by atoms with van der Waals surface area (Å²) in [6.07, 6.45) is 3.36. The summed E-state index contributed by atoms with van der Waals surface area (Å²) in [5.74, 6) is 0.488. The number of ether oxygens (including phenoxy) is 1. The molecule has 0 unspecified atom stereocenters. The second kappa shape index (κ2) is 9.55. The summed E-state index contributed by atoms with van der Waals surface area (Å²) in [5, 5.41) is 4.48. The third-order valence-corrected chi connectivity index (χ3v) is 6.04. The van der Waals surface area contributed by atoms with Gasteiger partial charge in [0.25, 0.3) is 0 Å². The van der Waals surface area contributed by atoms with Gasteiger partial charge in [-0.2, -0.15) is 0 Å². The number of allylic oxidation sites excluding steroid dienone is 1. The van der Waals surface area contributed by atoms with Crippen LogP contribution in [0, 0.1) is 13.8 Å². The monoisotopic (exact) mass is 459 g/mol. The summed E-state index contributed by atoms with van der Waals surface area (Å²) in [6.45, 7) is 8.26. The first-order chi connectivity index (χ1) is 15.9. The topological polar surface area (TPSA) is 51.5 Å². The summed E-state index contributed by atoms with van der Waals surface area (Å²) in [6, 6.07) is 17.6. The molecule has 168 valence electrons. The number of amides is 1. The van der Waals surface area contributed by atoms with E-state index in [2.05, 4.69) is 17.4 Å². The van der Waals surface area contributed by atoms with Crippen LogP contribution in [0.1, 0.15) is 30.5 Å². The van der Waals surface area contributed by atoms with E-state index in [1.54, 1.807) is 18.4 Å². The van der Waals surface area contributed by atoms with Crippen molar-refractivity contribution in [1.82, 2.24) is 0 Å². The van der Waals surface area contributed by atoms with Crippen LogP contribution in [0.2, 0.25) is 5.02 Å². The van der Waals surface area contributed by atoms with Crippen LogP contribution in [-0.2, 0) is 4.79 Å². The van der Waals surface area contributed by atoms with Crippen molar-refractivity contribution in [2.24, 2.45) is 0 Å². The first kappa shape index (κ1) is 22.7. The SMILES string of the molecule is CCOc1c(/C(C)=C/C(=O)Nc2ccc(C)c(Cl)c2)cc2c(-c3ccccc3)coc2c1C. The van der Waals surface area contributed by atoms with Crippen LogP contribution >= 0.6 is 11.6 Å². The van der Waals surface area contributed by atoms with E-state index >= 15 is 0 Å². The second-order valence-electron chi connectivity index (χ2n) is 7.98. The van der Waals surface area contributed by atoms with E-state index in [0.717, 1.165) is 50.1 Å². The van der Waals surface area contributed by atoms with Crippen molar-refractivity contribution in [2.75, 3.05) is 11.9 Å². The van der Waals surface area contributed by atoms with E-state index in [0.29, 0.717) is 17.3 Å². The van der Waals surface area contributed by atoms with Crippen LogP contribution in [0.25, 0.3) is 27.7 Å². The minimum Gasteiger partial charge on any atom is -0.493 e. The Kier molecular flexibility index (Phi) is 6.57. The van der Waals surface area contributed by atoms with Crippen LogP contribution < -0.4 is 10.1 Å². The largest absolute Gasteiger partial charge is 0.493 e. The smallest absolute Gasteiger partial charge is 0.248 e. The fraction of sp³-hybridized carbons (Fsp3) is 0.179. The van der Waals surface area contributed by atoms with Gasteiger partial charge in [0.05, 0.1) is 12.9 Å². The minimum absolute atomic E-state index is 0.233. The summed E-state index contributed by atoms with van der Waals surface area (Å²) >= 11 is 6.19. The lowest BCUT2D eigenvalue weighted by Gasteiger charge is -2.15. The maximum atomic E-state index is 12.8. The number of aryl methyl sites for hydroxylation is 2. The van der Waals surface area contributed by atoms with Gasteiger partial charge in [0.1, 0.15) is 11.3 Å². The minimum atomic E-state index is -0.233. The molecule has 4 nitrogen and oxygen atoms in total. The molecule has 0 aliphatic carbocycles. The molecule has 0 aliphatic rings. The molecule has 33 heavy (non-hydrogen) atoms. The van der Waals surface area contributed by atoms with E-state index in [9.17, 15) is 4.79 Å². The molecule has 0 saturated heterocycles. The van der Waals surface area contributed by atoms with Crippen LogP contribution in [0.4, 0.5) is 5.69 Å². The fourth-order valence-corrected chi connectivity index (χ4v) is 4.08. The summed E-state index contributed by atoms with van der Waals surface area (Å²) in [5.41, 5.74) is 7.03. The molecular weight excluding hydrogens is 434 g/mol. The molecule has 5 heteroatoms. The van der Waals surface area contributed by atoms with Gasteiger partial charge in [0, 0.05) is 38.9 Å². The van der Waals surface area contributed by atoms with Crippen LogP contribution in [0.15, 0.2) is 71.4 Å². The maximum absolute atomic E-state index is 12.8. The fourth-order valence-electron chi connectivity index (χ4n) is 3.90. The summed E-state index contributed by atoms with van der Waals surface area (Å²) in [7, 11) is 0. The van der Waals surface area contributed by atoms with Gasteiger partial charge in [-0.3, -0.25) is 4.79 Å². The van der Waals surface area contributed by atoms with Gasteiger partial charge in [-0.25, -0.2) is 0 Å².